The van der Waals surface area contributed by atoms with Gasteiger partial charge < -0.3 is 4.74 Å². The van der Waals surface area contributed by atoms with Crippen molar-refractivity contribution < 1.29 is 18.7 Å². The number of halogens is 1. The summed E-state index contributed by atoms with van der Waals surface area (Å²) in [6.45, 7) is -0.105. The van der Waals surface area contributed by atoms with Gasteiger partial charge in [-0.05, 0) is 36.4 Å². The molecular formula is C19H17FN4O4. The SMILES string of the molecule is O=C(CCn1ncc(=O)c2ccccc21)NNC(=O)COc1ccc(F)cc1. The molecule has 0 saturated carbocycles. The number of carbonyl (C=O) groups excluding carboxylic acids is 2. The first-order valence-corrected chi connectivity index (χ1v) is 8.44. The zero-order valence-electron chi connectivity index (χ0n) is 14.7. The summed E-state index contributed by atoms with van der Waals surface area (Å²) in [6, 6.07) is 12.2. The van der Waals surface area contributed by atoms with E-state index in [1.54, 1.807) is 28.9 Å². The van der Waals surface area contributed by atoms with Crippen LogP contribution in [-0.2, 0) is 16.1 Å². The van der Waals surface area contributed by atoms with Gasteiger partial charge in [0.15, 0.2) is 6.61 Å². The molecular weight excluding hydrogens is 367 g/mol. The van der Waals surface area contributed by atoms with Gasteiger partial charge in [0, 0.05) is 11.8 Å². The fraction of sp³-hybridized carbons (Fsp3) is 0.158. The average Bonchev–Trinajstić information content (AvgIpc) is 2.71. The Morgan fingerprint density at radius 2 is 1.75 bits per heavy atom. The summed E-state index contributed by atoms with van der Waals surface area (Å²) in [7, 11) is 0. The maximum absolute atomic E-state index is 12.8. The number of aromatic nitrogens is 2. The number of carbonyl (C=O) groups is 2. The lowest BCUT2D eigenvalue weighted by Crippen LogP contribution is -2.44. The van der Waals surface area contributed by atoms with Crippen LogP contribution in [0.1, 0.15) is 6.42 Å². The molecule has 0 aliphatic rings. The smallest absolute Gasteiger partial charge is 0.276 e. The van der Waals surface area contributed by atoms with Gasteiger partial charge in [-0.15, -0.1) is 0 Å². The molecule has 2 aromatic carbocycles. The molecule has 3 rings (SSSR count). The normalized spacial score (nSPS) is 10.5. The predicted octanol–water partition coefficient (Wildman–Crippen LogP) is 1.15. The predicted molar refractivity (Wildman–Crippen MR) is 98.8 cm³/mol. The van der Waals surface area contributed by atoms with Gasteiger partial charge in [0.25, 0.3) is 5.91 Å². The van der Waals surface area contributed by atoms with Gasteiger partial charge in [-0.3, -0.25) is 29.9 Å². The second kappa shape index (κ2) is 8.76. The molecule has 0 aliphatic carbocycles. The van der Waals surface area contributed by atoms with Crippen LogP contribution in [0.5, 0.6) is 5.75 Å². The minimum Gasteiger partial charge on any atom is -0.484 e. The van der Waals surface area contributed by atoms with Crippen LogP contribution in [0.3, 0.4) is 0 Å². The van der Waals surface area contributed by atoms with Gasteiger partial charge in [-0.25, -0.2) is 4.39 Å². The zero-order valence-corrected chi connectivity index (χ0v) is 14.7. The Balaban J connectivity index is 1.46. The molecule has 0 bridgehead atoms. The Morgan fingerprint density at radius 3 is 2.54 bits per heavy atom. The van der Waals surface area contributed by atoms with E-state index in [9.17, 15) is 18.8 Å². The molecule has 144 valence electrons. The summed E-state index contributed by atoms with van der Waals surface area (Å²) < 4.78 is 19.5. The van der Waals surface area contributed by atoms with E-state index < -0.39 is 17.6 Å². The van der Waals surface area contributed by atoms with Crippen LogP contribution in [-0.4, -0.2) is 28.2 Å². The molecule has 1 aromatic heterocycles. The Kier molecular flexibility index (Phi) is 5.95. The topological polar surface area (TPSA) is 102 Å². The van der Waals surface area contributed by atoms with Crippen LogP contribution < -0.4 is 21.0 Å². The highest BCUT2D eigenvalue weighted by Crippen LogP contribution is 2.10. The Morgan fingerprint density at radius 1 is 1.04 bits per heavy atom. The highest BCUT2D eigenvalue weighted by Gasteiger charge is 2.08. The maximum atomic E-state index is 12.8. The molecule has 1 heterocycles. The van der Waals surface area contributed by atoms with Crippen molar-refractivity contribution in [2.45, 2.75) is 13.0 Å². The third-order valence-corrected chi connectivity index (χ3v) is 3.84. The monoisotopic (exact) mass is 384 g/mol. The highest BCUT2D eigenvalue weighted by molar-refractivity contribution is 5.83. The van der Waals surface area contributed by atoms with Crippen molar-refractivity contribution in [2.75, 3.05) is 6.61 Å². The summed E-state index contributed by atoms with van der Waals surface area (Å²) in [4.78, 5) is 35.4. The lowest BCUT2D eigenvalue weighted by molar-refractivity contribution is -0.130. The number of nitrogens with zero attached hydrogens (tertiary/aromatic N) is 2. The number of amides is 2. The van der Waals surface area contributed by atoms with E-state index in [1.807, 2.05) is 0 Å². The molecule has 28 heavy (non-hydrogen) atoms. The van der Waals surface area contributed by atoms with Crippen molar-refractivity contribution in [1.82, 2.24) is 20.6 Å². The van der Waals surface area contributed by atoms with Gasteiger partial charge in [-0.1, -0.05) is 12.1 Å². The average molecular weight is 384 g/mol. The number of hydrogen-bond acceptors (Lipinski definition) is 5. The molecule has 0 aliphatic heterocycles. The number of fused-ring (bicyclic) bond motifs is 1. The molecule has 0 atom stereocenters. The molecule has 2 N–H and O–H groups in total. The second-order valence-corrected chi connectivity index (χ2v) is 5.84. The second-order valence-electron chi connectivity index (χ2n) is 5.84. The van der Waals surface area contributed by atoms with Crippen LogP contribution in [0, 0.1) is 5.82 Å². The molecule has 0 saturated heterocycles. The molecule has 3 aromatic rings. The molecule has 0 fully saturated rings. The van der Waals surface area contributed by atoms with Crippen molar-refractivity contribution in [1.29, 1.82) is 0 Å². The summed E-state index contributed by atoms with van der Waals surface area (Å²) in [6.07, 6.45) is 1.24. The van der Waals surface area contributed by atoms with E-state index >= 15 is 0 Å². The van der Waals surface area contributed by atoms with Crippen LogP contribution in [0.25, 0.3) is 10.9 Å². The number of benzene rings is 2. The van der Waals surface area contributed by atoms with Crippen LogP contribution in [0.15, 0.2) is 59.5 Å². The van der Waals surface area contributed by atoms with Crippen molar-refractivity contribution >= 4 is 22.7 Å². The van der Waals surface area contributed by atoms with E-state index in [-0.39, 0.29) is 25.0 Å². The van der Waals surface area contributed by atoms with Crippen molar-refractivity contribution in [2.24, 2.45) is 0 Å². The summed E-state index contributed by atoms with van der Waals surface area (Å²) >= 11 is 0. The van der Waals surface area contributed by atoms with E-state index in [2.05, 4.69) is 16.0 Å². The highest BCUT2D eigenvalue weighted by atomic mass is 19.1. The number of nitrogens with one attached hydrogen (secondary N) is 2. The molecule has 0 radical (unpaired) electrons. The first-order chi connectivity index (χ1) is 13.5. The first-order valence-electron chi connectivity index (χ1n) is 8.44. The number of hydrazine groups is 1. The van der Waals surface area contributed by atoms with Gasteiger partial charge in [-0.2, -0.15) is 5.10 Å². The van der Waals surface area contributed by atoms with Gasteiger partial charge in [0.05, 0.1) is 18.3 Å². The minimum absolute atomic E-state index is 0.0406. The maximum Gasteiger partial charge on any atom is 0.276 e. The lowest BCUT2D eigenvalue weighted by Gasteiger charge is -2.10. The Bertz CT molecular complexity index is 1050. The van der Waals surface area contributed by atoms with Crippen molar-refractivity contribution in [3.8, 4) is 5.75 Å². The Labute approximate surface area is 158 Å². The van der Waals surface area contributed by atoms with Crippen LogP contribution in [0.2, 0.25) is 0 Å². The summed E-state index contributed by atoms with van der Waals surface area (Å²) in [5.41, 5.74) is 4.94. The van der Waals surface area contributed by atoms with Gasteiger partial charge >= 0.3 is 0 Å². The number of hydrogen-bond donors (Lipinski definition) is 2. The first kappa shape index (κ1) is 19.0. The molecule has 2 amide bonds. The third kappa shape index (κ3) is 4.91. The van der Waals surface area contributed by atoms with E-state index in [0.29, 0.717) is 16.7 Å². The zero-order chi connectivity index (χ0) is 19.9. The summed E-state index contributed by atoms with van der Waals surface area (Å²) in [5.74, 6) is -1.07. The number of rotatable bonds is 6. The van der Waals surface area contributed by atoms with Gasteiger partial charge in [0.2, 0.25) is 11.3 Å². The quantitative estimate of drug-likeness (QED) is 0.621. The summed E-state index contributed by atoms with van der Waals surface area (Å²) in [5, 5.41) is 4.55. The lowest BCUT2D eigenvalue weighted by atomic mass is 10.2. The Hall–Kier alpha value is -3.75. The molecule has 0 unspecified atom stereocenters. The number of ether oxygens (including phenoxy) is 1. The van der Waals surface area contributed by atoms with Crippen LogP contribution in [0.4, 0.5) is 4.39 Å². The van der Waals surface area contributed by atoms with E-state index in [1.165, 1.54) is 30.5 Å². The molecule has 8 nitrogen and oxygen atoms in total. The minimum atomic E-state index is -0.565. The fourth-order valence-electron chi connectivity index (χ4n) is 2.46. The number of aryl methyl sites for hydroxylation is 1. The molecule has 0 spiro atoms. The largest absolute Gasteiger partial charge is 0.484 e. The van der Waals surface area contributed by atoms with E-state index in [4.69, 9.17) is 4.74 Å². The number of para-hydroxylation sites is 1. The third-order valence-electron chi connectivity index (χ3n) is 3.84. The standard InChI is InChI=1S/C19H17FN4O4/c20-13-5-7-14(8-6-13)28-12-19(27)23-22-18(26)9-10-24-16-4-2-1-3-15(16)17(25)11-21-24/h1-8,11H,9-10,12H2,(H,22,26)(H,23,27). The van der Waals surface area contributed by atoms with Crippen molar-refractivity contribution in [3.63, 3.8) is 0 Å². The van der Waals surface area contributed by atoms with Crippen LogP contribution >= 0.6 is 0 Å². The van der Waals surface area contributed by atoms with Crippen molar-refractivity contribution in [3.05, 3.63) is 70.8 Å². The van der Waals surface area contributed by atoms with Gasteiger partial charge in [0.1, 0.15) is 11.6 Å². The fourth-order valence-corrected chi connectivity index (χ4v) is 2.46. The van der Waals surface area contributed by atoms with E-state index in [0.717, 1.165) is 0 Å². The molecule has 9 heteroatoms.